The van der Waals surface area contributed by atoms with Gasteiger partial charge in [-0.3, -0.25) is 14.4 Å². The first kappa shape index (κ1) is 17.8. The molecule has 1 aliphatic heterocycles. The van der Waals surface area contributed by atoms with Gasteiger partial charge in [0.15, 0.2) is 0 Å². The number of carboxylic acid groups (broad SMARTS) is 2. The van der Waals surface area contributed by atoms with Crippen molar-refractivity contribution in [1.82, 2.24) is 10.2 Å². The monoisotopic (exact) mass is 290 g/mol. The Hall–Kier alpha value is -2.16. The summed E-state index contributed by atoms with van der Waals surface area (Å²) in [6.45, 7) is 0.300. The molecule has 9 nitrogen and oxygen atoms in total. The molecule has 1 unspecified atom stereocenters. The van der Waals surface area contributed by atoms with Crippen molar-refractivity contribution in [3.05, 3.63) is 0 Å². The van der Waals surface area contributed by atoms with Gasteiger partial charge in [-0.2, -0.15) is 0 Å². The molecule has 20 heavy (non-hydrogen) atoms. The average molecular weight is 290 g/mol. The lowest BCUT2D eigenvalue weighted by Gasteiger charge is -2.18. The second-order valence-electron chi connectivity index (χ2n) is 4.31. The third-order valence-electron chi connectivity index (χ3n) is 2.79. The molecule has 0 radical (unpaired) electrons. The third-order valence-corrected chi connectivity index (χ3v) is 2.79. The molecule has 1 fully saturated rings. The second-order valence-corrected chi connectivity index (χ2v) is 4.31. The van der Waals surface area contributed by atoms with Crippen molar-refractivity contribution >= 4 is 23.8 Å². The predicted octanol–water partition coefficient (Wildman–Crippen LogP) is -1.78. The molecule has 0 spiro atoms. The molecule has 1 aliphatic rings. The number of carbonyl (C=O) groups excluding carboxylic acids is 2. The molecule has 0 bridgehead atoms. The highest BCUT2D eigenvalue weighted by Crippen LogP contribution is 2.08. The first-order valence-electron chi connectivity index (χ1n) is 5.92. The normalized spacial score (nSPS) is 15.4. The number of rotatable bonds is 7. The van der Waals surface area contributed by atoms with Crippen LogP contribution in [0.25, 0.3) is 0 Å². The molecule has 2 amide bonds. The molecule has 0 aromatic carbocycles. The minimum atomic E-state index is -1.29. The molecule has 5 N–H and O–H groups in total. The summed E-state index contributed by atoms with van der Waals surface area (Å²) in [5, 5.41) is 19.6. The van der Waals surface area contributed by atoms with Crippen LogP contribution in [0, 0.1) is 0 Å². The van der Waals surface area contributed by atoms with Crippen molar-refractivity contribution in [3.8, 4) is 0 Å². The van der Waals surface area contributed by atoms with Crippen molar-refractivity contribution in [2.45, 2.75) is 31.7 Å². The van der Waals surface area contributed by atoms with Crippen LogP contribution in [0.5, 0.6) is 0 Å². The summed E-state index contributed by atoms with van der Waals surface area (Å²) in [5.41, 5.74) is 0. The number of carboxylic acids is 2. The van der Waals surface area contributed by atoms with Gasteiger partial charge in [-0.15, -0.1) is 0 Å². The minimum Gasteiger partial charge on any atom is -0.481 e. The highest BCUT2D eigenvalue weighted by molar-refractivity contribution is 5.88. The number of hydrogen-bond donors (Lipinski definition) is 3. The van der Waals surface area contributed by atoms with E-state index in [1.165, 1.54) is 4.90 Å². The van der Waals surface area contributed by atoms with Gasteiger partial charge in [0.25, 0.3) is 0 Å². The van der Waals surface area contributed by atoms with Gasteiger partial charge in [0.2, 0.25) is 11.8 Å². The quantitative estimate of drug-likeness (QED) is 0.503. The van der Waals surface area contributed by atoms with Crippen molar-refractivity contribution in [2.24, 2.45) is 0 Å². The first-order valence-corrected chi connectivity index (χ1v) is 5.92. The average Bonchev–Trinajstić information content (AvgIpc) is 2.69. The predicted molar refractivity (Wildman–Crippen MR) is 65.9 cm³/mol. The van der Waals surface area contributed by atoms with E-state index in [4.69, 9.17) is 10.2 Å². The Bertz CT molecular complexity index is 396. The summed E-state index contributed by atoms with van der Waals surface area (Å²) in [5.74, 6) is -3.14. The number of aliphatic carboxylic acids is 2. The number of carbonyl (C=O) groups is 4. The van der Waals surface area contributed by atoms with E-state index in [1.54, 1.807) is 0 Å². The van der Waals surface area contributed by atoms with Crippen LogP contribution in [0.2, 0.25) is 0 Å². The molecular formula is C11H18N2O7. The van der Waals surface area contributed by atoms with E-state index in [9.17, 15) is 19.2 Å². The number of amides is 2. The molecule has 1 heterocycles. The van der Waals surface area contributed by atoms with Crippen LogP contribution >= 0.6 is 0 Å². The molecule has 0 aromatic heterocycles. The van der Waals surface area contributed by atoms with Crippen LogP contribution in [-0.4, -0.2) is 63.5 Å². The van der Waals surface area contributed by atoms with Gasteiger partial charge in [0, 0.05) is 19.4 Å². The Morgan fingerprint density at radius 3 is 2.40 bits per heavy atom. The van der Waals surface area contributed by atoms with Gasteiger partial charge in [-0.1, -0.05) is 0 Å². The summed E-state index contributed by atoms with van der Waals surface area (Å²) < 4.78 is 0. The molecule has 0 aliphatic carbocycles. The summed E-state index contributed by atoms with van der Waals surface area (Å²) in [6.07, 6.45) is 0.548. The van der Waals surface area contributed by atoms with Gasteiger partial charge in [-0.25, -0.2) is 4.79 Å². The van der Waals surface area contributed by atoms with E-state index < -0.39 is 23.9 Å². The van der Waals surface area contributed by atoms with Crippen LogP contribution in [0.1, 0.15) is 25.7 Å². The maximum Gasteiger partial charge on any atom is 0.326 e. The van der Waals surface area contributed by atoms with Gasteiger partial charge in [-0.05, 0) is 12.8 Å². The SMILES string of the molecule is O.O=C(O)CCC(NC(=O)CN1CCCC1=O)C(=O)O. The zero-order valence-electron chi connectivity index (χ0n) is 10.8. The van der Waals surface area contributed by atoms with E-state index in [1.807, 2.05) is 0 Å². The van der Waals surface area contributed by atoms with Gasteiger partial charge < -0.3 is 25.9 Å². The van der Waals surface area contributed by atoms with E-state index >= 15 is 0 Å². The number of nitrogens with one attached hydrogen (secondary N) is 1. The maximum absolute atomic E-state index is 11.6. The maximum atomic E-state index is 11.6. The molecule has 114 valence electrons. The lowest BCUT2D eigenvalue weighted by molar-refractivity contribution is -0.143. The fourth-order valence-corrected chi connectivity index (χ4v) is 1.81. The zero-order chi connectivity index (χ0) is 14.4. The molecule has 1 saturated heterocycles. The van der Waals surface area contributed by atoms with E-state index in [-0.39, 0.29) is 30.8 Å². The molecule has 9 heteroatoms. The van der Waals surface area contributed by atoms with E-state index in [0.29, 0.717) is 19.4 Å². The molecule has 0 aromatic rings. The van der Waals surface area contributed by atoms with Crippen molar-refractivity contribution < 1.29 is 34.9 Å². The minimum absolute atomic E-state index is 0. The number of hydrogen-bond acceptors (Lipinski definition) is 4. The Morgan fingerprint density at radius 1 is 1.30 bits per heavy atom. The van der Waals surface area contributed by atoms with E-state index in [0.717, 1.165) is 0 Å². The largest absolute Gasteiger partial charge is 0.481 e. The van der Waals surface area contributed by atoms with Crippen molar-refractivity contribution in [1.29, 1.82) is 0 Å². The van der Waals surface area contributed by atoms with Crippen molar-refractivity contribution in [3.63, 3.8) is 0 Å². The lowest BCUT2D eigenvalue weighted by atomic mass is 10.1. The van der Waals surface area contributed by atoms with Crippen LogP contribution in [-0.2, 0) is 19.2 Å². The highest BCUT2D eigenvalue weighted by Gasteiger charge is 2.25. The zero-order valence-corrected chi connectivity index (χ0v) is 10.8. The Labute approximate surface area is 114 Å². The van der Waals surface area contributed by atoms with Gasteiger partial charge in [0.05, 0.1) is 6.54 Å². The first-order chi connectivity index (χ1) is 8.90. The highest BCUT2D eigenvalue weighted by atomic mass is 16.4. The topological polar surface area (TPSA) is 156 Å². The summed E-state index contributed by atoms with van der Waals surface area (Å²) in [6, 6.07) is -1.25. The summed E-state index contributed by atoms with van der Waals surface area (Å²) in [4.78, 5) is 45.5. The van der Waals surface area contributed by atoms with Crippen molar-refractivity contribution in [2.75, 3.05) is 13.1 Å². The molecule has 0 saturated carbocycles. The fraction of sp³-hybridized carbons (Fsp3) is 0.636. The summed E-state index contributed by atoms with van der Waals surface area (Å²) >= 11 is 0. The summed E-state index contributed by atoms with van der Waals surface area (Å²) in [7, 11) is 0. The van der Waals surface area contributed by atoms with Crippen LogP contribution < -0.4 is 5.32 Å². The number of nitrogens with zero attached hydrogens (tertiary/aromatic N) is 1. The van der Waals surface area contributed by atoms with Gasteiger partial charge in [0.1, 0.15) is 6.04 Å². The Morgan fingerprint density at radius 2 is 1.95 bits per heavy atom. The molecular weight excluding hydrogens is 272 g/mol. The lowest BCUT2D eigenvalue weighted by Crippen LogP contribution is -2.46. The smallest absolute Gasteiger partial charge is 0.326 e. The Balaban J connectivity index is 0.00000361. The van der Waals surface area contributed by atoms with Crippen LogP contribution in [0.15, 0.2) is 0 Å². The standard InChI is InChI=1S/C11H16N2O6.H2O/c14-8(6-13-5-1-2-9(13)15)12-7(11(18)19)3-4-10(16)17;/h7H,1-6H2,(H,12,14)(H,16,17)(H,18,19);1H2. The van der Waals surface area contributed by atoms with Gasteiger partial charge >= 0.3 is 11.9 Å². The Kier molecular flexibility index (Phi) is 7.22. The van der Waals surface area contributed by atoms with Crippen LogP contribution in [0.4, 0.5) is 0 Å². The molecule has 1 rings (SSSR count). The number of likely N-dealkylation sites (tertiary alicyclic amines) is 1. The second kappa shape index (κ2) is 8.10. The van der Waals surface area contributed by atoms with Crippen LogP contribution in [0.3, 0.4) is 0 Å². The molecule has 1 atom stereocenters. The van der Waals surface area contributed by atoms with E-state index in [2.05, 4.69) is 5.32 Å². The third kappa shape index (κ3) is 5.65. The fourth-order valence-electron chi connectivity index (χ4n) is 1.81.